The van der Waals surface area contributed by atoms with E-state index in [1.54, 1.807) is 0 Å². The van der Waals surface area contributed by atoms with E-state index in [1.807, 2.05) is 6.07 Å². The van der Waals surface area contributed by atoms with Crippen LogP contribution in [-0.4, -0.2) is 6.54 Å². The summed E-state index contributed by atoms with van der Waals surface area (Å²) in [5, 5.41) is 3.46. The van der Waals surface area contributed by atoms with E-state index in [4.69, 9.17) is 0 Å². The van der Waals surface area contributed by atoms with E-state index in [0.717, 1.165) is 24.0 Å². The molecule has 0 aromatic heterocycles. The van der Waals surface area contributed by atoms with Crippen LogP contribution in [0.1, 0.15) is 11.1 Å². The van der Waals surface area contributed by atoms with Gasteiger partial charge in [-0.05, 0) is 36.2 Å². The molecule has 0 unspecified atom stereocenters. The molecule has 0 bridgehead atoms. The maximum atomic E-state index is 3.48. The molecule has 0 heterocycles. The number of hydrogen-bond acceptors (Lipinski definition) is 1. The molecular formula is C15H16BrN. The van der Waals surface area contributed by atoms with Crippen LogP contribution in [0.25, 0.3) is 0 Å². The molecular weight excluding hydrogens is 274 g/mol. The monoisotopic (exact) mass is 289 g/mol. The quantitative estimate of drug-likeness (QED) is 0.826. The van der Waals surface area contributed by atoms with Crippen molar-refractivity contribution in [3.8, 4) is 0 Å². The topological polar surface area (TPSA) is 12.0 Å². The highest BCUT2D eigenvalue weighted by molar-refractivity contribution is 9.10. The molecule has 2 aromatic rings. The SMILES string of the molecule is Brc1cccc(CNCCc2ccccc2)c1. The number of nitrogens with one attached hydrogen (secondary N) is 1. The van der Waals surface area contributed by atoms with E-state index in [0.29, 0.717) is 0 Å². The Balaban J connectivity index is 1.73. The van der Waals surface area contributed by atoms with Crippen LogP contribution < -0.4 is 5.32 Å². The van der Waals surface area contributed by atoms with Crippen LogP contribution in [0.4, 0.5) is 0 Å². The summed E-state index contributed by atoms with van der Waals surface area (Å²) >= 11 is 3.48. The Kier molecular flexibility index (Phi) is 4.77. The van der Waals surface area contributed by atoms with Crippen molar-refractivity contribution in [2.75, 3.05) is 6.54 Å². The van der Waals surface area contributed by atoms with E-state index >= 15 is 0 Å². The second-order valence-corrected chi connectivity index (χ2v) is 4.96. The molecule has 1 N–H and O–H groups in total. The fourth-order valence-corrected chi connectivity index (χ4v) is 2.20. The average Bonchev–Trinajstić information content (AvgIpc) is 2.36. The van der Waals surface area contributed by atoms with Crippen molar-refractivity contribution >= 4 is 15.9 Å². The summed E-state index contributed by atoms with van der Waals surface area (Å²) in [5.74, 6) is 0. The van der Waals surface area contributed by atoms with Gasteiger partial charge < -0.3 is 5.32 Å². The lowest BCUT2D eigenvalue weighted by atomic mass is 10.1. The van der Waals surface area contributed by atoms with Crippen molar-refractivity contribution in [2.24, 2.45) is 0 Å². The lowest BCUT2D eigenvalue weighted by Crippen LogP contribution is -2.16. The molecule has 0 saturated carbocycles. The second-order valence-electron chi connectivity index (χ2n) is 4.04. The molecule has 2 aromatic carbocycles. The summed E-state index contributed by atoms with van der Waals surface area (Å²) < 4.78 is 1.14. The first-order valence-corrected chi connectivity index (χ1v) is 6.63. The van der Waals surface area contributed by atoms with Crippen molar-refractivity contribution in [2.45, 2.75) is 13.0 Å². The Morgan fingerprint density at radius 2 is 1.65 bits per heavy atom. The van der Waals surface area contributed by atoms with Crippen LogP contribution in [0.3, 0.4) is 0 Å². The molecule has 0 aliphatic heterocycles. The zero-order valence-electron chi connectivity index (χ0n) is 9.70. The second kappa shape index (κ2) is 6.58. The summed E-state index contributed by atoms with van der Waals surface area (Å²) in [6.07, 6.45) is 1.08. The molecule has 0 radical (unpaired) electrons. The van der Waals surface area contributed by atoms with Crippen LogP contribution in [-0.2, 0) is 13.0 Å². The van der Waals surface area contributed by atoms with Crippen LogP contribution >= 0.6 is 15.9 Å². The van der Waals surface area contributed by atoms with E-state index in [9.17, 15) is 0 Å². The molecule has 0 amide bonds. The molecule has 0 saturated heterocycles. The van der Waals surface area contributed by atoms with E-state index in [1.165, 1.54) is 11.1 Å². The first-order valence-electron chi connectivity index (χ1n) is 5.84. The Hall–Kier alpha value is -1.12. The summed E-state index contributed by atoms with van der Waals surface area (Å²) in [4.78, 5) is 0. The fourth-order valence-electron chi connectivity index (χ4n) is 1.76. The van der Waals surface area contributed by atoms with E-state index < -0.39 is 0 Å². The molecule has 2 heteroatoms. The van der Waals surface area contributed by atoms with Crippen molar-refractivity contribution < 1.29 is 0 Å². The van der Waals surface area contributed by atoms with Gasteiger partial charge in [0.05, 0.1) is 0 Å². The first-order chi connectivity index (χ1) is 8.34. The molecule has 0 aliphatic rings. The molecule has 17 heavy (non-hydrogen) atoms. The number of benzene rings is 2. The van der Waals surface area contributed by atoms with Gasteiger partial charge in [-0.3, -0.25) is 0 Å². The predicted molar refractivity (Wildman–Crippen MR) is 76.0 cm³/mol. The molecule has 0 aliphatic carbocycles. The largest absolute Gasteiger partial charge is 0.312 e. The summed E-state index contributed by atoms with van der Waals surface area (Å²) in [7, 11) is 0. The highest BCUT2D eigenvalue weighted by atomic mass is 79.9. The summed E-state index contributed by atoms with van der Waals surface area (Å²) in [5.41, 5.74) is 2.70. The van der Waals surface area contributed by atoms with Crippen molar-refractivity contribution in [1.82, 2.24) is 5.32 Å². The van der Waals surface area contributed by atoms with Crippen LogP contribution in [0, 0.1) is 0 Å². The standard InChI is InChI=1S/C15H16BrN/c16-15-8-4-7-14(11-15)12-17-10-9-13-5-2-1-3-6-13/h1-8,11,17H,9-10,12H2. The van der Waals surface area contributed by atoms with Gasteiger partial charge in [0.2, 0.25) is 0 Å². The van der Waals surface area contributed by atoms with Gasteiger partial charge in [0, 0.05) is 11.0 Å². The van der Waals surface area contributed by atoms with Crippen molar-refractivity contribution in [3.63, 3.8) is 0 Å². The highest BCUT2D eigenvalue weighted by Crippen LogP contribution is 2.11. The maximum Gasteiger partial charge on any atom is 0.0206 e. The summed E-state index contributed by atoms with van der Waals surface area (Å²) in [6, 6.07) is 19.0. The van der Waals surface area contributed by atoms with E-state index in [-0.39, 0.29) is 0 Å². The number of halogens is 1. The predicted octanol–water partition coefficient (Wildman–Crippen LogP) is 3.78. The lowest BCUT2D eigenvalue weighted by Gasteiger charge is -2.05. The third-order valence-electron chi connectivity index (χ3n) is 2.65. The first kappa shape index (κ1) is 12.3. The third kappa shape index (κ3) is 4.33. The fraction of sp³-hybridized carbons (Fsp3) is 0.200. The van der Waals surface area contributed by atoms with Crippen molar-refractivity contribution in [3.05, 3.63) is 70.2 Å². The molecule has 1 nitrogen and oxygen atoms in total. The minimum absolute atomic E-state index is 0.923. The van der Waals surface area contributed by atoms with Gasteiger partial charge in [0.15, 0.2) is 0 Å². The molecule has 2 rings (SSSR count). The molecule has 0 spiro atoms. The van der Waals surface area contributed by atoms with Gasteiger partial charge in [0.25, 0.3) is 0 Å². The Labute approximate surface area is 111 Å². The average molecular weight is 290 g/mol. The van der Waals surface area contributed by atoms with Crippen molar-refractivity contribution in [1.29, 1.82) is 0 Å². The van der Waals surface area contributed by atoms with Gasteiger partial charge in [0.1, 0.15) is 0 Å². The summed E-state index contributed by atoms with van der Waals surface area (Å²) in [6.45, 7) is 1.93. The van der Waals surface area contributed by atoms with Gasteiger partial charge in [-0.2, -0.15) is 0 Å². The van der Waals surface area contributed by atoms with Gasteiger partial charge >= 0.3 is 0 Å². The van der Waals surface area contributed by atoms with Gasteiger partial charge in [-0.25, -0.2) is 0 Å². The maximum absolute atomic E-state index is 3.48. The molecule has 0 atom stereocenters. The zero-order chi connectivity index (χ0) is 11.9. The Morgan fingerprint density at radius 1 is 0.882 bits per heavy atom. The van der Waals surface area contributed by atoms with E-state index in [2.05, 4.69) is 69.8 Å². The smallest absolute Gasteiger partial charge is 0.0206 e. The molecule has 0 fully saturated rings. The van der Waals surface area contributed by atoms with Gasteiger partial charge in [-0.1, -0.05) is 58.4 Å². The zero-order valence-corrected chi connectivity index (χ0v) is 11.3. The minimum atomic E-state index is 0.923. The lowest BCUT2D eigenvalue weighted by molar-refractivity contribution is 0.687. The normalized spacial score (nSPS) is 10.4. The number of rotatable bonds is 5. The van der Waals surface area contributed by atoms with Crippen LogP contribution in [0.5, 0.6) is 0 Å². The molecule has 88 valence electrons. The van der Waals surface area contributed by atoms with Crippen LogP contribution in [0.15, 0.2) is 59.1 Å². The highest BCUT2D eigenvalue weighted by Gasteiger charge is 1.94. The number of hydrogen-bond donors (Lipinski definition) is 1. The minimum Gasteiger partial charge on any atom is -0.312 e. The Morgan fingerprint density at radius 3 is 2.41 bits per heavy atom. The third-order valence-corrected chi connectivity index (χ3v) is 3.14. The Bertz CT molecular complexity index is 453. The van der Waals surface area contributed by atoms with Crippen LogP contribution in [0.2, 0.25) is 0 Å². The van der Waals surface area contributed by atoms with Gasteiger partial charge in [-0.15, -0.1) is 0 Å².